The molecular weight excluding hydrogens is 452 g/mol. The standard InChI is InChI=1S/C26H38N2O5S/c1-24(2,3)16-25(4,5)28-12-9-11-26-19(21(30)27(13-14-29)20(26)22(28)31)18-17(34-26)10-7-6-8-15-33-23(18)32/h7,9-11,17-20,29H,6,8,12-16H2,1-5H3/b10-7-/t17-,18+,19-,20?,26-/m0/s1. The number of carbonyl (C=O) groups is 3. The van der Waals surface area contributed by atoms with Crippen molar-refractivity contribution < 1.29 is 24.2 Å². The van der Waals surface area contributed by atoms with E-state index in [9.17, 15) is 19.5 Å². The molecule has 7 nitrogen and oxygen atoms in total. The molecule has 2 amide bonds. The highest BCUT2D eigenvalue weighted by molar-refractivity contribution is 8.02. The van der Waals surface area contributed by atoms with Crippen molar-refractivity contribution in [2.45, 2.75) is 75.5 Å². The zero-order valence-electron chi connectivity index (χ0n) is 21.0. The summed E-state index contributed by atoms with van der Waals surface area (Å²) in [5.74, 6) is -2.05. The first kappa shape index (κ1) is 25.3. The molecule has 4 aliphatic heterocycles. The fraction of sp³-hybridized carbons (Fsp3) is 0.731. The van der Waals surface area contributed by atoms with Gasteiger partial charge in [-0.15, -0.1) is 11.8 Å². The smallest absolute Gasteiger partial charge is 0.311 e. The van der Waals surface area contributed by atoms with Gasteiger partial charge in [0.05, 0.1) is 29.8 Å². The highest BCUT2D eigenvalue weighted by atomic mass is 32.2. The van der Waals surface area contributed by atoms with E-state index in [1.54, 1.807) is 11.8 Å². The van der Waals surface area contributed by atoms with E-state index in [1.165, 1.54) is 4.90 Å². The second-order valence-electron chi connectivity index (χ2n) is 11.7. The molecule has 0 saturated carbocycles. The van der Waals surface area contributed by atoms with E-state index >= 15 is 0 Å². The summed E-state index contributed by atoms with van der Waals surface area (Å²) < 4.78 is 4.69. The first-order chi connectivity index (χ1) is 15.9. The van der Waals surface area contributed by atoms with Gasteiger partial charge < -0.3 is 19.6 Å². The number of aliphatic hydroxyl groups is 1. The minimum Gasteiger partial charge on any atom is -0.465 e. The Hall–Kier alpha value is -1.80. The number of carbonyl (C=O) groups excluding carboxylic acids is 3. The van der Waals surface area contributed by atoms with Crippen LogP contribution in [0.15, 0.2) is 24.3 Å². The molecule has 0 bridgehead atoms. The van der Waals surface area contributed by atoms with Crippen LogP contribution in [-0.4, -0.2) is 80.6 Å². The number of rotatable bonds is 4. The van der Waals surface area contributed by atoms with Crippen molar-refractivity contribution in [1.29, 1.82) is 0 Å². The zero-order chi connectivity index (χ0) is 24.9. The molecule has 5 atom stereocenters. The van der Waals surface area contributed by atoms with Crippen LogP contribution in [0.2, 0.25) is 0 Å². The number of allylic oxidation sites excluding steroid dienone is 1. The number of nitrogens with zero attached hydrogens (tertiary/aromatic N) is 2. The second kappa shape index (κ2) is 9.01. The molecule has 1 spiro atoms. The molecule has 1 unspecified atom stereocenters. The molecule has 8 heteroatoms. The van der Waals surface area contributed by atoms with E-state index in [4.69, 9.17) is 4.74 Å². The van der Waals surface area contributed by atoms with Crippen LogP contribution in [-0.2, 0) is 19.1 Å². The second-order valence-corrected chi connectivity index (χ2v) is 13.2. The molecule has 2 saturated heterocycles. The minimum absolute atomic E-state index is 0.0108. The Morgan fingerprint density at radius 3 is 2.56 bits per heavy atom. The van der Waals surface area contributed by atoms with Gasteiger partial charge in [-0.05, 0) is 38.5 Å². The first-order valence-corrected chi connectivity index (χ1v) is 13.2. The summed E-state index contributed by atoms with van der Waals surface area (Å²) in [6, 6.07) is -0.767. The summed E-state index contributed by atoms with van der Waals surface area (Å²) in [6.45, 7) is 11.2. The van der Waals surface area contributed by atoms with Crippen LogP contribution in [0, 0.1) is 17.3 Å². The third kappa shape index (κ3) is 4.21. The number of esters is 1. The number of fused-ring (bicyclic) bond motifs is 2. The van der Waals surface area contributed by atoms with Crippen molar-refractivity contribution in [2.75, 3.05) is 26.3 Å². The lowest BCUT2D eigenvalue weighted by atomic mass is 9.78. The Kier molecular flexibility index (Phi) is 6.70. The fourth-order valence-electron chi connectivity index (χ4n) is 6.54. The summed E-state index contributed by atoms with van der Waals surface area (Å²) in [5.41, 5.74) is -0.421. The molecule has 0 aromatic heterocycles. The van der Waals surface area contributed by atoms with Crippen LogP contribution in [0.1, 0.15) is 53.9 Å². The maximum absolute atomic E-state index is 14.3. The summed E-state index contributed by atoms with van der Waals surface area (Å²) in [7, 11) is 0. The molecule has 4 heterocycles. The van der Waals surface area contributed by atoms with Crippen molar-refractivity contribution in [3.8, 4) is 0 Å². The van der Waals surface area contributed by atoms with Gasteiger partial charge >= 0.3 is 5.97 Å². The number of thioether (sulfide) groups is 1. The predicted octanol–water partition coefficient (Wildman–Crippen LogP) is 2.78. The molecule has 2 fully saturated rings. The molecule has 0 aromatic rings. The minimum atomic E-state index is -0.867. The molecule has 0 radical (unpaired) electrons. The molecule has 4 rings (SSSR count). The van der Waals surface area contributed by atoms with Gasteiger partial charge in [0.2, 0.25) is 11.8 Å². The summed E-state index contributed by atoms with van der Waals surface area (Å²) in [6.07, 6.45) is 10.5. The normalized spacial score (nSPS) is 35.1. The molecule has 0 aliphatic carbocycles. The van der Waals surface area contributed by atoms with E-state index in [0.717, 1.165) is 19.3 Å². The van der Waals surface area contributed by atoms with Crippen molar-refractivity contribution >= 4 is 29.5 Å². The van der Waals surface area contributed by atoms with Crippen LogP contribution in [0.3, 0.4) is 0 Å². The maximum atomic E-state index is 14.3. The Labute approximate surface area is 206 Å². The predicted molar refractivity (Wildman–Crippen MR) is 132 cm³/mol. The van der Waals surface area contributed by atoms with Gasteiger partial charge in [0.1, 0.15) is 6.04 Å². The Bertz CT molecular complexity index is 907. The summed E-state index contributed by atoms with van der Waals surface area (Å²) >= 11 is 1.54. The SMILES string of the molecule is CC(C)(C)CC(C)(C)N1CC=C[C@]23S[C@H]4/C=C\CCCOC(=O)[C@H]4[C@H]2C(=O)N(CCO)C3C1=O. The number of ether oxygens (including phenoxy) is 1. The van der Waals surface area contributed by atoms with E-state index in [2.05, 4.69) is 40.7 Å². The number of β-amino-alcohol motifs (C(OH)–C–C–N with tert-alkyl or cyclic N) is 1. The topological polar surface area (TPSA) is 87.2 Å². The van der Waals surface area contributed by atoms with Gasteiger partial charge in [-0.3, -0.25) is 14.4 Å². The lowest BCUT2D eigenvalue weighted by Crippen LogP contribution is -2.59. The number of hydrogen-bond donors (Lipinski definition) is 1. The number of hydrogen-bond acceptors (Lipinski definition) is 6. The monoisotopic (exact) mass is 490 g/mol. The quantitative estimate of drug-likeness (QED) is 0.482. The number of cyclic esters (lactones) is 1. The van der Waals surface area contributed by atoms with Crippen LogP contribution in [0.25, 0.3) is 0 Å². The van der Waals surface area contributed by atoms with Gasteiger partial charge in [-0.2, -0.15) is 0 Å². The van der Waals surface area contributed by atoms with Crippen molar-refractivity contribution in [3.05, 3.63) is 24.3 Å². The summed E-state index contributed by atoms with van der Waals surface area (Å²) in [4.78, 5) is 44.7. The molecule has 188 valence electrons. The number of amides is 2. The largest absolute Gasteiger partial charge is 0.465 e. The van der Waals surface area contributed by atoms with Crippen molar-refractivity contribution in [1.82, 2.24) is 9.80 Å². The Morgan fingerprint density at radius 1 is 1.15 bits per heavy atom. The molecule has 1 N–H and O–H groups in total. The highest BCUT2D eigenvalue weighted by Crippen LogP contribution is 2.61. The lowest BCUT2D eigenvalue weighted by Gasteiger charge is -2.44. The van der Waals surface area contributed by atoms with Crippen molar-refractivity contribution in [3.63, 3.8) is 0 Å². The van der Waals surface area contributed by atoms with Crippen molar-refractivity contribution in [2.24, 2.45) is 17.3 Å². The third-order valence-corrected chi connectivity index (χ3v) is 9.13. The van der Waals surface area contributed by atoms with Crippen LogP contribution in [0.4, 0.5) is 0 Å². The number of likely N-dealkylation sites (tertiary alicyclic amines) is 1. The van der Waals surface area contributed by atoms with Crippen LogP contribution < -0.4 is 0 Å². The third-order valence-electron chi connectivity index (χ3n) is 7.39. The zero-order valence-corrected chi connectivity index (χ0v) is 21.8. The maximum Gasteiger partial charge on any atom is 0.311 e. The lowest BCUT2D eigenvalue weighted by molar-refractivity contribution is -0.153. The van der Waals surface area contributed by atoms with E-state index in [0.29, 0.717) is 13.2 Å². The van der Waals surface area contributed by atoms with E-state index in [-0.39, 0.29) is 41.6 Å². The molecule has 34 heavy (non-hydrogen) atoms. The number of aliphatic hydroxyl groups excluding tert-OH is 1. The average molecular weight is 491 g/mol. The van der Waals surface area contributed by atoms with Crippen LogP contribution >= 0.6 is 11.8 Å². The van der Waals surface area contributed by atoms with E-state index in [1.807, 2.05) is 23.1 Å². The van der Waals surface area contributed by atoms with Gasteiger partial charge in [0.25, 0.3) is 0 Å². The fourth-order valence-corrected chi connectivity index (χ4v) is 8.54. The van der Waals surface area contributed by atoms with E-state index < -0.39 is 28.2 Å². The van der Waals surface area contributed by atoms with Crippen LogP contribution in [0.5, 0.6) is 0 Å². The Balaban J connectivity index is 1.79. The molecular formula is C26H38N2O5S. The first-order valence-electron chi connectivity index (χ1n) is 12.3. The molecule has 4 aliphatic rings. The average Bonchev–Trinajstić information content (AvgIpc) is 3.11. The van der Waals surface area contributed by atoms with Gasteiger partial charge in [0.15, 0.2) is 0 Å². The Morgan fingerprint density at radius 2 is 1.88 bits per heavy atom. The summed E-state index contributed by atoms with van der Waals surface area (Å²) in [5, 5.41) is 9.56. The van der Waals surface area contributed by atoms with Gasteiger partial charge in [-0.1, -0.05) is 45.1 Å². The van der Waals surface area contributed by atoms with Gasteiger partial charge in [0, 0.05) is 23.9 Å². The highest BCUT2D eigenvalue weighted by Gasteiger charge is 2.71. The molecule has 0 aromatic carbocycles. The van der Waals surface area contributed by atoms with Gasteiger partial charge in [-0.25, -0.2) is 0 Å².